The topological polar surface area (TPSA) is 48.0 Å². The van der Waals surface area contributed by atoms with Gasteiger partial charge in [-0.25, -0.2) is 4.39 Å². The van der Waals surface area contributed by atoms with E-state index in [-0.39, 0.29) is 17.2 Å². The Hall–Kier alpha value is -1.62. The SMILES string of the molecule is Cc1sc(=O)n(Cc2ccc(N)cc2F)c1C. The van der Waals surface area contributed by atoms with Crippen LogP contribution < -0.4 is 10.6 Å². The zero-order valence-electron chi connectivity index (χ0n) is 9.66. The van der Waals surface area contributed by atoms with E-state index in [9.17, 15) is 9.18 Å². The molecule has 0 bridgehead atoms. The van der Waals surface area contributed by atoms with Crippen LogP contribution in [-0.2, 0) is 6.54 Å². The number of hydrogen-bond acceptors (Lipinski definition) is 3. The first kappa shape index (κ1) is 11.9. The smallest absolute Gasteiger partial charge is 0.307 e. The monoisotopic (exact) mass is 252 g/mol. The maximum atomic E-state index is 13.6. The van der Waals surface area contributed by atoms with Gasteiger partial charge in [0.15, 0.2) is 0 Å². The van der Waals surface area contributed by atoms with Crippen molar-refractivity contribution < 1.29 is 4.39 Å². The van der Waals surface area contributed by atoms with Crippen molar-refractivity contribution in [2.75, 3.05) is 5.73 Å². The number of nitrogen functional groups attached to an aromatic ring is 1. The summed E-state index contributed by atoms with van der Waals surface area (Å²) >= 11 is 1.18. The molecule has 0 aliphatic carbocycles. The van der Waals surface area contributed by atoms with Crippen LogP contribution in [-0.4, -0.2) is 4.57 Å². The number of aromatic nitrogens is 1. The molecule has 90 valence electrons. The Balaban J connectivity index is 2.41. The van der Waals surface area contributed by atoms with Crippen molar-refractivity contribution in [2.45, 2.75) is 20.4 Å². The van der Waals surface area contributed by atoms with Gasteiger partial charge < -0.3 is 5.73 Å². The number of nitrogens with two attached hydrogens (primary N) is 1. The Morgan fingerprint density at radius 3 is 2.65 bits per heavy atom. The van der Waals surface area contributed by atoms with Crippen LogP contribution in [0.15, 0.2) is 23.0 Å². The first-order chi connectivity index (χ1) is 7.99. The van der Waals surface area contributed by atoms with E-state index in [2.05, 4.69) is 0 Å². The minimum absolute atomic E-state index is 0.0591. The number of hydrogen-bond donors (Lipinski definition) is 1. The number of nitrogens with zero attached hydrogens (tertiary/aromatic N) is 1. The summed E-state index contributed by atoms with van der Waals surface area (Å²) < 4.78 is 15.2. The van der Waals surface area contributed by atoms with Gasteiger partial charge in [0.1, 0.15) is 5.82 Å². The molecule has 1 aromatic heterocycles. The number of rotatable bonds is 2. The second kappa shape index (κ2) is 4.33. The molecule has 0 radical (unpaired) electrons. The minimum Gasteiger partial charge on any atom is -0.399 e. The van der Waals surface area contributed by atoms with Gasteiger partial charge in [-0.2, -0.15) is 0 Å². The minimum atomic E-state index is -0.375. The highest BCUT2D eigenvalue weighted by atomic mass is 32.1. The van der Waals surface area contributed by atoms with E-state index in [1.165, 1.54) is 17.4 Å². The summed E-state index contributed by atoms with van der Waals surface area (Å²) in [5.74, 6) is -0.375. The molecule has 0 amide bonds. The van der Waals surface area contributed by atoms with E-state index in [0.29, 0.717) is 11.3 Å². The average Bonchev–Trinajstić information content (AvgIpc) is 2.48. The van der Waals surface area contributed by atoms with Crippen LogP contribution in [0.4, 0.5) is 10.1 Å². The van der Waals surface area contributed by atoms with Crippen molar-refractivity contribution in [2.24, 2.45) is 0 Å². The van der Waals surface area contributed by atoms with Crippen molar-refractivity contribution in [1.82, 2.24) is 4.57 Å². The third kappa shape index (κ3) is 2.24. The number of thiazole rings is 1. The lowest BCUT2D eigenvalue weighted by molar-refractivity contribution is 0.596. The van der Waals surface area contributed by atoms with Crippen molar-refractivity contribution in [3.63, 3.8) is 0 Å². The first-order valence-electron chi connectivity index (χ1n) is 5.20. The summed E-state index contributed by atoms with van der Waals surface area (Å²) in [5.41, 5.74) is 7.22. The molecule has 5 heteroatoms. The van der Waals surface area contributed by atoms with Crippen LogP contribution in [0.5, 0.6) is 0 Å². The van der Waals surface area contributed by atoms with Crippen molar-refractivity contribution in [3.8, 4) is 0 Å². The molecule has 0 saturated heterocycles. The molecule has 0 fully saturated rings. The van der Waals surface area contributed by atoms with Crippen LogP contribution in [0.2, 0.25) is 0 Å². The van der Waals surface area contributed by atoms with Gasteiger partial charge in [0.25, 0.3) is 0 Å². The molecular formula is C12H13FN2OS. The number of aryl methyl sites for hydroxylation is 1. The van der Waals surface area contributed by atoms with E-state index in [4.69, 9.17) is 5.73 Å². The fourth-order valence-corrected chi connectivity index (χ4v) is 2.46. The van der Waals surface area contributed by atoms with Gasteiger partial charge in [0.05, 0.1) is 6.54 Å². The molecule has 0 aliphatic rings. The van der Waals surface area contributed by atoms with E-state index in [1.54, 1.807) is 16.7 Å². The summed E-state index contributed by atoms with van der Waals surface area (Å²) in [6, 6.07) is 4.52. The van der Waals surface area contributed by atoms with Crippen molar-refractivity contribution in [1.29, 1.82) is 0 Å². The lowest BCUT2D eigenvalue weighted by atomic mass is 10.2. The third-order valence-corrected chi connectivity index (χ3v) is 3.78. The molecule has 0 aliphatic heterocycles. The molecule has 0 atom stereocenters. The summed E-state index contributed by atoms with van der Waals surface area (Å²) in [7, 11) is 0. The highest BCUT2D eigenvalue weighted by Gasteiger charge is 2.10. The maximum absolute atomic E-state index is 13.6. The predicted octanol–water partition coefficient (Wildman–Crippen LogP) is 2.30. The Kier molecular flexibility index (Phi) is 3.02. The summed E-state index contributed by atoms with van der Waals surface area (Å²) in [6.45, 7) is 4.00. The van der Waals surface area contributed by atoms with Crippen LogP contribution in [0.3, 0.4) is 0 Å². The lowest BCUT2D eigenvalue weighted by Gasteiger charge is -2.07. The van der Waals surface area contributed by atoms with Crippen LogP contribution in [0, 0.1) is 19.7 Å². The first-order valence-corrected chi connectivity index (χ1v) is 6.01. The zero-order chi connectivity index (χ0) is 12.6. The fraction of sp³-hybridized carbons (Fsp3) is 0.250. The highest BCUT2D eigenvalue weighted by Crippen LogP contribution is 2.16. The molecule has 0 spiro atoms. The molecular weight excluding hydrogens is 239 g/mol. The molecule has 17 heavy (non-hydrogen) atoms. The summed E-state index contributed by atoms with van der Waals surface area (Å²) in [4.78, 5) is 12.6. The summed E-state index contributed by atoms with van der Waals surface area (Å²) in [5, 5.41) is 0. The molecule has 3 nitrogen and oxygen atoms in total. The van der Waals surface area contributed by atoms with E-state index >= 15 is 0 Å². The van der Waals surface area contributed by atoms with Crippen LogP contribution in [0.25, 0.3) is 0 Å². The molecule has 2 aromatic rings. The largest absolute Gasteiger partial charge is 0.399 e. The second-order valence-electron chi connectivity index (χ2n) is 3.95. The average molecular weight is 252 g/mol. The van der Waals surface area contributed by atoms with Crippen molar-refractivity contribution >= 4 is 17.0 Å². The van der Waals surface area contributed by atoms with E-state index < -0.39 is 0 Å². The van der Waals surface area contributed by atoms with E-state index in [1.807, 2.05) is 13.8 Å². The van der Waals surface area contributed by atoms with Gasteiger partial charge in [0.2, 0.25) is 0 Å². The highest BCUT2D eigenvalue weighted by molar-refractivity contribution is 7.09. The van der Waals surface area contributed by atoms with Gasteiger partial charge >= 0.3 is 4.87 Å². The zero-order valence-corrected chi connectivity index (χ0v) is 10.5. The van der Waals surface area contributed by atoms with Crippen molar-refractivity contribution in [3.05, 3.63) is 49.8 Å². The third-order valence-electron chi connectivity index (χ3n) is 2.78. The van der Waals surface area contributed by atoms with Crippen LogP contribution >= 0.6 is 11.3 Å². The standard InChI is InChI=1S/C12H13FN2OS/c1-7-8(2)17-12(16)15(7)6-9-3-4-10(14)5-11(9)13/h3-5H,6,14H2,1-2H3. The predicted molar refractivity (Wildman–Crippen MR) is 68.0 cm³/mol. The summed E-state index contributed by atoms with van der Waals surface area (Å²) in [6.07, 6.45) is 0. The molecule has 1 aromatic carbocycles. The Bertz CT molecular complexity index is 615. The van der Waals surface area contributed by atoms with E-state index in [0.717, 1.165) is 10.6 Å². The van der Waals surface area contributed by atoms with Gasteiger partial charge in [-0.1, -0.05) is 17.4 Å². The Morgan fingerprint density at radius 1 is 1.41 bits per heavy atom. The number of anilines is 1. The second-order valence-corrected chi connectivity index (χ2v) is 5.11. The van der Waals surface area contributed by atoms with Crippen LogP contribution in [0.1, 0.15) is 16.1 Å². The van der Waals surface area contributed by atoms with Gasteiger partial charge in [-0.05, 0) is 26.0 Å². The molecule has 2 rings (SSSR count). The number of halogens is 1. The normalized spacial score (nSPS) is 10.8. The molecule has 0 saturated carbocycles. The fourth-order valence-electron chi connectivity index (χ4n) is 1.63. The molecule has 1 heterocycles. The molecule has 2 N–H and O–H groups in total. The van der Waals surface area contributed by atoms with Gasteiger partial charge in [-0.15, -0.1) is 0 Å². The Morgan fingerprint density at radius 2 is 2.12 bits per heavy atom. The lowest BCUT2D eigenvalue weighted by Crippen LogP contribution is -2.16. The quantitative estimate of drug-likeness (QED) is 0.834. The van der Waals surface area contributed by atoms with Gasteiger partial charge in [0, 0.05) is 21.8 Å². The number of benzene rings is 1. The Labute approximate surface area is 102 Å². The molecule has 0 unspecified atom stereocenters. The van der Waals surface area contributed by atoms with Gasteiger partial charge in [-0.3, -0.25) is 9.36 Å². The maximum Gasteiger partial charge on any atom is 0.307 e.